The van der Waals surface area contributed by atoms with Crippen molar-refractivity contribution >= 4 is 0 Å². The largest absolute Gasteiger partial charge is 0.392 e. The molecule has 0 amide bonds. The molecule has 0 saturated carbocycles. The third kappa shape index (κ3) is 3.45. The quantitative estimate of drug-likeness (QED) is 0.498. The van der Waals surface area contributed by atoms with E-state index in [1.807, 2.05) is 6.92 Å². The van der Waals surface area contributed by atoms with Crippen molar-refractivity contribution in [1.82, 2.24) is 0 Å². The second kappa shape index (κ2) is 4.42. The topological polar surface area (TPSA) is 20.2 Å². The summed E-state index contributed by atoms with van der Waals surface area (Å²) in [6, 6.07) is 0. The van der Waals surface area contributed by atoms with Gasteiger partial charge in [0.25, 0.3) is 0 Å². The molecule has 1 nitrogen and oxygen atoms in total. The highest BCUT2D eigenvalue weighted by molar-refractivity contribution is 5.25. The summed E-state index contributed by atoms with van der Waals surface area (Å²) in [5.41, 5.74) is 0.926. The highest BCUT2D eigenvalue weighted by atomic mass is 16.2. The number of hydrogen-bond acceptors (Lipinski definition) is 1. The summed E-state index contributed by atoms with van der Waals surface area (Å²) >= 11 is 0. The molecule has 0 aliphatic carbocycles. The Balaban J connectivity index is 3.74. The van der Waals surface area contributed by atoms with Gasteiger partial charge in [0.15, 0.2) is 0 Å². The summed E-state index contributed by atoms with van der Waals surface area (Å²) in [7, 11) is 0. The Kier molecular flexibility index (Phi) is 4.01. The van der Waals surface area contributed by atoms with Gasteiger partial charge in [-0.05, 0) is 25.5 Å². The first-order chi connectivity index (χ1) is 3.81. The van der Waals surface area contributed by atoms with Gasteiger partial charge in [0, 0.05) is 0 Å². The number of rotatable bonds is 1. The van der Waals surface area contributed by atoms with Crippen LogP contribution in [0.15, 0.2) is 11.6 Å². The highest BCUT2D eigenvalue weighted by Crippen LogP contribution is 1.85. The zero-order valence-corrected chi connectivity index (χ0v) is 5.23. The summed E-state index contributed by atoms with van der Waals surface area (Å²) in [5.74, 6) is 5.52. The molecule has 0 spiro atoms. The number of allylic oxidation sites excluding steroid dienone is 1. The van der Waals surface area contributed by atoms with E-state index in [1.54, 1.807) is 13.0 Å². The van der Waals surface area contributed by atoms with Gasteiger partial charge in [-0.15, -0.1) is 5.92 Å². The summed E-state index contributed by atoms with van der Waals surface area (Å²) in [5, 5.41) is 8.32. The van der Waals surface area contributed by atoms with Gasteiger partial charge in [-0.2, -0.15) is 0 Å². The fourth-order valence-electron chi connectivity index (χ4n) is 0.385. The van der Waals surface area contributed by atoms with Gasteiger partial charge in [-0.3, -0.25) is 0 Å². The van der Waals surface area contributed by atoms with E-state index in [9.17, 15) is 0 Å². The second-order valence-electron chi connectivity index (χ2n) is 1.44. The first kappa shape index (κ1) is 7.26. The summed E-state index contributed by atoms with van der Waals surface area (Å²) in [6.45, 7) is 3.72. The summed E-state index contributed by atoms with van der Waals surface area (Å²) in [6.07, 6.45) is 1.68. The molecule has 0 radical (unpaired) electrons. The van der Waals surface area contributed by atoms with Crippen molar-refractivity contribution in [2.75, 3.05) is 6.61 Å². The van der Waals surface area contributed by atoms with Crippen LogP contribution in [0.3, 0.4) is 0 Å². The molecule has 0 heterocycles. The van der Waals surface area contributed by atoms with Crippen LogP contribution in [0.2, 0.25) is 0 Å². The molecule has 0 saturated heterocycles. The van der Waals surface area contributed by atoms with Crippen LogP contribution < -0.4 is 0 Å². The zero-order valence-electron chi connectivity index (χ0n) is 5.23. The van der Waals surface area contributed by atoms with Crippen molar-refractivity contribution < 1.29 is 5.11 Å². The predicted octanol–water partition coefficient (Wildman–Crippen LogP) is 0.948. The van der Waals surface area contributed by atoms with E-state index in [2.05, 4.69) is 11.8 Å². The molecule has 0 aliphatic heterocycles. The Morgan fingerprint density at radius 2 is 2.38 bits per heavy atom. The van der Waals surface area contributed by atoms with Gasteiger partial charge >= 0.3 is 0 Å². The molecule has 1 heteroatoms. The molecular weight excluding hydrogens is 100 g/mol. The average Bonchev–Trinajstić information content (AvgIpc) is 1.68. The Bertz CT molecular complexity index is 134. The molecule has 0 aromatic rings. The number of aliphatic hydroxyl groups excluding tert-OH is 1. The molecule has 0 aromatic carbocycles. The predicted molar refractivity (Wildman–Crippen MR) is 34.3 cm³/mol. The molecule has 1 N–H and O–H groups in total. The van der Waals surface area contributed by atoms with Gasteiger partial charge in [0.05, 0.1) is 6.61 Å². The van der Waals surface area contributed by atoms with Crippen molar-refractivity contribution in [1.29, 1.82) is 0 Å². The lowest BCUT2D eigenvalue weighted by molar-refractivity contribution is 0.342. The molecule has 0 bridgehead atoms. The van der Waals surface area contributed by atoms with Crippen molar-refractivity contribution in [2.45, 2.75) is 13.8 Å². The minimum absolute atomic E-state index is 0.0838. The highest BCUT2D eigenvalue weighted by Gasteiger charge is 1.74. The lowest BCUT2D eigenvalue weighted by Crippen LogP contribution is -1.74. The van der Waals surface area contributed by atoms with Gasteiger partial charge < -0.3 is 5.11 Å². The van der Waals surface area contributed by atoms with Crippen molar-refractivity contribution in [3.05, 3.63) is 11.6 Å². The smallest absolute Gasteiger partial charge is 0.0624 e. The molecule has 0 aromatic heterocycles. The van der Waals surface area contributed by atoms with Crippen LogP contribution in [0, 0.1) is 11.8 Å². The van der Waals surface area contributed by atoms with Gasteiger partial charge in [0.1, 0.15) is 0 Å². The van der Waals surface area contributed by atoms with Crippen LogP contribution in [-0.2, 0) is 0 Å². The van der Waals surface area contributed by atoms with Crippen molar-refractivity contribution in [2.24, 2.45) is 0 Å². The second-order valence-corrected chi connectivity index (χ2v) is 1.44. The fourth-order valence-corrected chi connectivity index (χ4v) is 0.385. The van der Waals surface area contributed by atoms with Crippen LogP contribution in [-0.4, -0.2) is 11.7 Å². The van der Waals surface area contributed by atoms with Crippen LogP contribution in [0.4, 0.5) is 0 Å². The molecule has 8 heavy (non-hydrogen) atoms. The molecular formula is C7H10O. The lowest BCUT2D eigenvalue weighted by Gasteiger charge is -1.81. The van der Waals surface area contributed by atoms with E-state index in [0.717, 1.165) is 5.57 Å². The molecule has 0 rings (SSSR count). The molecule has 0 fully saturated rings. The lowest BCUT2D eigenvalue weighted by atomic mass is 10.3. The fraction of sp³-hybridized carbons (Fsp3) is 0.429. The molecule has 0 aliphatic rings. The van der Waals surface area contributed by atoms with Crippen molar-refractivity contribution in [3.63, 3.8) is 0 Å². The SMILES string of the molecule is CC#CC(C)=CCO. The number of hydrogen-bond donors (Lipinski definition) is 1. The standard InChI is InChI=1S/C7H10O/c1-3-4-7(2)5-6-8/h5,8H,6H2,1-2H3. The van der Waals surface area contributed by atoms with Gasteiger partial charge in [-0.1, -0.05) is 5.92 Å². The average molecular weight is 110 g/mol. The zero-order chi connectivity index (χ0) is 6.41. The normalized spacial score (nSPS) is 10.1. The van der Waals surface area contributed by atoms with Crippen LogP contribution in [0.1, 0.15) is 13.8 Å². The minimum atomic E-state index is 0.0838. The first-order valence-electron chi connectivity index (χ1n) is 2.51. The van der Waals surface area contributed by atoms with Crippen LogP contribution in [0.25, 0.3) is 0 Å². The van der Waals surface area contributed by atoms with E-state index >= 15 is 0 Å². The van der Waals surface area contributed by atoms with E-state index < -0.39 is 0 Å². The van der Waals surface area contributed by atoms with Crippen molar-refractivity contribution in [3.8, 4) is 11.8 Å². The van der Waals surface area contributed by atoms with E-state index in [0.29, 0.717) is 0 Å². The molecule has 44 valence electrons. The maximum atomic E-state index is 8.32. The summed E-state index contributed by atoms with van der Waals surface area (Å²) < 4.78 is 0. The maximum Gasteiger partial charge on any atom is 0.0624 e. The Labute approximate surface area is 50.0 Å². The maximum absolute atomic E-state index is 8.32. The monoisotopic (exact) mass is 110 g/mol. The Hall–Kier alpha value is -0.740. The van der Waals surface area contributed by atoms with Crippen LogP contribution >= 0.6 is 0 Å². The van der Waals surface area contributed by atoms with Gasteiger partial charge in [0.2, 0.25) is 0 Å². The summed E-state index contributed by atoms with van der Waals surface area (Å²) in [4.78, 5) is 0. The van der Waals surface area contributed by atoms with Crippen LogP contribution in [0.5, 0.6) is 0 Å². The first-order valence-corrected chi connectivity index (χ1v) is 2.51. The van der Waals surface area contributed by atoms with E-state index in [-0.39, 0.29) is 6.61 Å². The third-order valence-corrected chi connectivity index (χ3v) is 0.720. The third-order valence-electron chi connectivity index (χ3n) is 0.720. The molecule has 0 unspecified atom stereocenters. The Morgan fingerprint density at radius 1 is 1.75 bits per heavy atom. The number of aliphatic hydroxyl groups is 1. The minimum Gasteiger partial charge on any atom is -0.392 e. The van der Waals surface area contributed by atoms with E-state index in [4.69, 9.17) is 5.11 Å². The van der Waals surface area contributed by atoms with E-state index in [1.165, 1.54) is 0 Å². The van der Waals surface area contributed by atoms with Gasteiger partial charge in [-0.25, -0.2) is 0 Å². The Morgan fingerprint density at radius 3 is 2.75 bits per heavy atom. The molecule has 0 atom stereocenters.